The van der Waals surface area contributed by atoms with Crippen molar-refractivity contribution in [2.75, 3.05) is 0 Å². The van der Waals surface area contributed by atoms with Gasteiger partial charge in [-0.3, -0.25) is 4.79 Å². The van der Waals surface area contributed by atoms with Crippen LogP contribution in [0.15, 0.2) is 18.2 Å². The fourth-order valence-electron chi connectivity index (χ4n) is 1.14. The van der Waals surface area contributed by atoms with Crippen molar-refractivity contribution in [1.29, 1.82) is 0 Å². The van der Waals surface area contributed by atoms with Crippen molar-refractivity contribution >= 4 is 29.0 Å². The highest BCUT2D eigenvalue weighted by Crippen LogP contribution is 2.47. The molecule has 0 saturated heterocycles. The van der Waals surface area contributed by atoms with Crippen LogP contribution in [0.3, 0.4) is 0 Å². The topological polar surface area (TPSA) is 17.1 Å². The summed E-state index contributed by atoms with van der Waals surface area (Å²) in [6.45, 7) is 0. The quantitative estimate of drug-likeness (QED) is 0.557. The lowest BCUT2D eigenvalue weighted by Crippen LogP contribution is -2.56. The first-order valence-electron chi connectivity index (χ1n) is 4.64. The number of halogens is 9. The summed E-state index contributed by atoms with van der Waals surface area (Å²) in [5.41, 5.74) is -1.12. The molecule has 1 aromatic rings. The fraction of sp³-hybridized carbons (Fsp3) is 0.300. The van der Waals surface area contributed by atoms with Gasteiger partial charge in [0.2, 0.25) is 5.78 Å². The summed E-state index contributed by atoms with van der Waals surface area (Å²) >= 11 is 10.8. The zero-order valence-corrected chi connectivity index (χ0v) is 10.6. The summed E-state index contributed by atoms with van der Waals surface area (Å²) in [4.78, 5) is 11.2. The number of benzene rings is 1. The third-order valence-corrected chi connectivity index (χ3v) is 2.96. The number of hydrogen-bond acceptors (Lipinski definition) is 1. The van der Waals surface area contributed by atoms with E-state index in [0.717, 1.165) is 6.07 Å². The van der Waals surface area contributed by atoms with Crippen LogP contribution in [-0.4, -0.2) is 23.8 Å². The van der Waals surface area contributed by atoms with Gasteiger partial charge in [0.1, 0.15) is 0 Å². The minimum absolute atomic E-state index is 0.186. The van der Waals surface area contributed by atoms with Crippen LogP contribution in [0.2, 0.25) is 10.0 Å². The van der Waals surface area contributed by atoms with Gasteiger partial charge in [0.25, 0.3) is 0 Å². The van der Waals surface area contributed by atoms with Gasteiger partial charge < -0.3 is 0 Å². The molecule has 0 aliphatic carbocycles. The summed E-state index contributed by atoms with van der Waals surface area (Å²) in [6, 6.07) is 1.86. The van der Waals surface area contributed by atoms with Crippen molar-refractivity contribution in [2.24, 2.45) is 0 Å². The number of rotatable bonds is 3. The first-order valence-corrected chi connectivity index (χ1v) is 5.40. The Kier molecular flexibility index (Phi) is 4.32. The molecule has 0 saturated carbocycles. The zero-order chi connectivity index (χ0) is 15.9. The second-order valence-electron chi connectivity index (χ2n) is 3.60. The molecule has 1 rings (SSSR count). The highest BCUT2D eigenvalue weighted by molar-refractivity contribution is 6.42. The van der Waals surface area contributed by atoms with Crippen molar-refractivity contribution in [3.8, 4) is 0 Å². The van der Waals surface area contributed by atoms with Gasteiger partial charge in [-0.15, -0.1) is 0 Å². The summed E-state index contributed by atoms with van der Waals surface area (Å²) in [6.07, 6.45) is -6.58. The molecule has 1 nitrogen and oxygen atoms in total. The summed E-state index contributed by atoms with van der Waals surface area (Å²) in [5.74, 6) is -15.2. The van der Waals surface area contributed by atoms with Crippen LogP contribution in [0.25, 0.3) is 0 Å². The molecule has 0 N–H and O–H groups in total. The number of alkyl halides is 7. The molecule has 0 aliphatic heterocycles. The van der Waals surface area contributed by atoms with Crippen LogP contribution in [0.4, 0.5) is 30.7 Å². The molecule has 0 heterocycles. The van der Waals surface area contributed by atoms with Gasteiger partial charge in [0.05, 0.1) is 10.0 Å². The molecule has 0 fully saturated rings. The van der Waals surface area contributed by atoms with Crippen molar-refractivity contribution in [1.82, 2.24) is 0 Å². The number of ketones is 1. The Hall–Kier alpha value is -1.02. The minimum Gasteiger partial charge on any atom is -0.287 e. The normalized spacial score (nSPS) is 13.4. The average Bonchev–Trinajstić information content (AvgIpc) is 2.30. The number of Topliss-reactive ketones (excluding diaryl/α,β-unsaturated/α-hetero) is 1. The Balaban J connectivity index is 3.28. The van der Waals surface area contributed by atoms with Crippen molar-refractivity contribution in [3.05, 3.63) is 33.8 Å². The van der Waals surface area contributed by atoms with E-state index < -0.39 is 34.4 Å². The van der Waals surface area contributed by atoms with Crippen LogP contribution >= 0.6 is 23.2 Å². The number of carbonyl (C=O) groups excluding carboxylic acids is 1. The Morgan fingerprint density at radius 1 is 0.900 bits per heavy atom. The SMILES string of the molecule is O=C(c1ccc(Cl)c(Cl)c1)C(F)(F)C(F)(F)C(F)(F)F. The van der Waals surface area contributed by atoms with Gasteiger partial charge in [-0.1, -0.05) is 23.2 Å². The van der Waals surface area contributed by atoms with E-state index in [2.05, 4.69) is 0 Å². The van der Waals surface area contributed by atoms with Crippen LogP contribution < -0.4 is 0 Å². The predicted octanol–water partition coefficient (Wildman–Crippen LogP) is 5.01. The first kappa shape index (κ1) is 17.0. The van der Waals surface area contributed by atoms with Crippen LogP contribution in [0, 0.1) is 0 Å². The summed E-state index contributed by atoms with van der Waals surface area (Å²) in [7, 11) is 0. The molecule has 20 heavy (non-hydrogen) atoms. The molecular formula is C10H3Cl2F7O. The smallest absolute Gasteiger partial charge is 0.287 e. The Labute approximate surface area is 117 Å². The van der Waals surface area contributed by atoms with Gasteiger partial charge >= 0.3 is 18.0 Å². The fourth-order valence-corrected chi connectivity index (χ4v) is 1.44. The van der Waals surface area contributed by atoms with E-state index in [-0.39, 0.29) is 5.02 Å². The van der Waals surface area contributed by atoms with E-state index in [9.17, 15) is 35.5 Å². The van der Waals surface area contributed by atoms with Gasteiger partial charge in [-0.05, 0) is 18.2 Å². The highest BCUT2D eigenvalue weighted by atomic mass is 35.5. The second kappa shape index (κ2) is 5.07. The van der Waals surface area contributed by atoms with Crippen molar-refractivity contribution in [2.45, 2.75) is 18.0 Å². The lowest BCUT2D eigenvalue weighted by Gasteiger charge is -2.27. The van der Waals surface area contributed by atoms with E-state index in [4.69, 9.17) is 23.2 Å². The second-order valence-corrected chi connectivity index (χ2v) is 4.42. The molecule has 1 aromatic carbocycles. The predicted molar refractivity (Wildman–Crippen MR) is 56.7 cm³/mol. The maximum absolute atomic E-state index is 13.1. The third kappa shape index (κ3) is 2.71. The lowest BCUT2D eigenvalue weighted by atomic mass is 10.00. The molecule has 0 aliphatic rings. The Morgan fingerprint density at radius 3 is 1.80 bits per heavy atom. The first-order chi connectivity index (χ1) is 8.82. The largest absolute Gasteiger partial charge is 0.460 e. The number of carbonyl (C=O) groups is 1. The standard InChI is InChI=1S/C10H3Cl2F7O/c11-5-2-1-4(3-6(5)12)7(20)8(13,14)9(15,16)10(17,18)19/h1-3H. The van der Waals surface area contributed by atoms with E-state index in [1.54, 1.807) is 0 Å². The van der Waals surface area contributed by atoms with Gasteiger partial charge in [0.15, 0.2) is 0 Å². The molecule has 0 bridgehead atoms. The molecule has 0 amide bonds. The maximum atomic E-state index is 13.1. The lowest BCUT2D eigenvalue weighted by molar-refractivity contribution is -0.339. The molecule has 10 heteroatoms. The minimum atomic E-state index is -6.58. The molecule has 0 spiro atoms. The van der Waals surface area contributed by atoms with Crippen LogP contribution in [0.1, 0.15) is 10.4 Å². The van der Waals surface area contributed by atoms with E-state index in [1.807, 2.05) is 0 Å². The maximum Gasteiger partial charge on any atom is 0.460 e. The monoisotopic (exact) mass is 342 g/mol. The molecule has 0 atom stereocenters. The van der Waals surface area contributed by atoms with E-state index in [0.29, 0.717) is 12.1 Å². The Morgan fingerprint density at radius 2 is 1.40 bits per heavy atom. The molecule has 0 aromatic heterocycles. The van der Waals surface area contributed by atoms with Crippen molar-refractivity contribution < 1.29 is 35.5 Å². The van der Waals surface area contributed by atoms with Gasteiger partial charge in [-0.25, -0.2) is 0 Å². The Bertz CT molecular complexity index is 539. The number of hydrogen-bond donors (Lipinski definition) is 0. The summed E-state index contributed by atoms with van der Waals surface area (Å²) in [5, 5.41) is -0.627. The molecule has 112 valence electrons. The average molecular weight is 343 g/mol. The summed E-state index contributed by atoms with van der Waals surface area (Å²) < 4.78 is 87.3. The highest BCUT2D eigenvalue weighted by Gasteiger charge is 2.76. The van der Waals surface area contributed by atoms with E-state index in [1.165, 1.54) is 0 Å². The van der Waals surface area contributed by atoms with E-state index >= 15 is 0 Å². The van der Waals surface area contributed by atoms with Crippen LogP contribution in [-0.2, 0) is 0 Å². The van der Waals surface area contributed by atoms with Crippen molar-refractivity contribution in [3.63, 3.8) is 0 Å². The van der Waals surface area contributed by atoms with Crippen LogP contribution in [0.5, 0.6) is 0 Å². The van der Waals surface area contributed by atoms with Gasteiger partial charge in [0, 0.05) is 5.56 Å². The molecular weight excluding hydrogens is 340 g/mol. The third-order valence-electron chi connectivity index (χ3n) is 2.22. The zero-order valence-electron chi connectivity index (χ0n) is 9.04. The molecule has 0 radical (unpaired) electrons. The molecule has 0 unspecified atom stereocenters. The van der Waals surface area contributed by atoms with Gasteiger partial charge in [-0.2, -0.15) is 30.7 Å².